The first kappa shape index (κ1) is 8.07. The van der Waals surface area contributed by atoms with E-state index in [1.807, 2.05) is 0 Å². The second-order valence-electron chi connectivity index (χ2n) is 2.83. The number of aliphatic hydroxyl groups is 2. The Morgan fingerprint density at radius 1 is 1.55 bits per heavy atom. The molecule has 4 heteroatoms. The van der Waals surface area contributed by atoms with Crippen LogP contribution in [0.25, 0.3) is 0 Å². The molecule has 11 heavy (non-hydrogen) atoms. The zero-order valence-corrected chi connectivity index (χ0v) is 6.46. The minimum atomic E-state index is -1.01. The molecule has 0 aromatic carbocycles. The summed E-state index contributed by atoms with van der Waals surface area (Å²) < 4.78 is 0. The maximum absolute atomic E-state index is 10.7. The van der Waals surface area contributed by atoms with Gasteiger partial charge in [-0.15, -0.1) is 0 Å². The summed E-state index contributed by atoms with van der Waals surface area (Å²) in [6, 6.07) is 0. The van der Waals surface area contributed by atoms with E-state index in [2.05, 4.69) is 5.32 Å². The minimum Gasteiger partial charge on any atom is -0.503 e. The minimum absolute atomic E-state index is 0.0241. The van der Waals surface area contributed by atoms with Gasteiger partial charge in [-0.05, 0) is 5.92 Å². The Morgan fingerprint density at radius 2 is 2.09 bits per heavy atom. The first-order chi connectivity index (χ1) is 5.04. The summed E-state index contributed by atoms with van der Waals surface area (Å²) in [5.74, 6) is -0.961. The highest BCUT2D eigenvalue weighted by Crippen LogP contribution is 2.21. The molecule has 0 aromatic rings. The lowest BCUT2D eigenvalue weighted by atomic mass is 10.0. The van der Waals surface area contributed by atoms with Crippen molar-refractivity contribution in [2.75, 3.05) is 0 Å². The quantitative estimate of drug-likeness (QED) is 0.498. The average Bonchev–Trinajstić information content (AvgIpc) is 2.07. The summed E-state index contributed by atoms with van der Waals surface area (Å²) in [4.78, 5) is 10.7. The summed E-state index contributed by atoms with van der Waals surface area (Å²) in [5, 5.41) is 20.4. The second-order valence-corrected chi connectivity index (χ2v) is 2.83. The van der Waals surface area contributed by atoms with Gasteiger partial charge in [0.2, 0.25) is 0 Å². The fraction of sp³-hybridized carbons (Fsp3) is 0.571. The van der Waals surface area contributed by atoms with Gasteiger partial charge in [0.15, 0.2) is 12.0 Å². The maximum atomic E-state index is 10.7. The molecule has 0 aromatic heterocycles. The van der Waals surface area contributed by atoms with Gasteiger partial charge in [0.05, 0.1) is 0 Å². The van der Waals surface area contributed by atoms with E-state index >= 15 is 0 Å². The van der Waals surface area contributed by atoms with Crippen molar-refractivity contribution in [3.05, 3.63) is 11.3 Å². The molecule has 0 radical (unpaired) electrons. The Bertz CT molecular complexity index is 220. The Labute approximate surface area is 64.5 Å². The van der Waals surface area contributed by atoms with Gasteiger partial charge < -0.3 is 15.5 Å². The van der Waals surface area contributed by atoms with Crippen molar-refractivity contribution < 1.29 is 15.0 Å². The van der Waals surface area contributed by atoms with E-state index in [-0.39, 0.29) is 11.7 Å². The first-order valence-corrected chi connectivity index (χ1v) is 3.46. The van der Waals surface area contributed by atoms with Crippen LogP contribution in [0.2, 0.25) is 0 Å². The monoisotopic (exact) mass is 157 g/mol. The number of aliphatic hydroxyl groups excluding tert-OH is 2. The van der Waals surface area contributed by atoms with E-state index in [1.165, 1.54) is 0 Å². The third-order valence-corrected chi connectivity index (χ3v) is 1.67. The third-order valence-electron chi connectivity index (χ3n) is 1.67. The lowest BCUT2D eigenvalue weighted by Crippen LogP contribution is -2.29. The molecule has 1 atom stereocenters. The van der Waals surface area contributed by atoms with Gasteiger partial charge in [-0.2, -0.15) is 0 Å². The van der Waals surface area contributed by atoms with E-state index < -0.39 is 12.1 Å². The third kappa shape index (κ3) is 1.21. The largest absolute Gasteiger partial charge is 0.503 e. The SMILES string of the molecule is CC(C)C1=C(O)C(=O)NC1O. The highest BCUT2D eigenvalue weighted by Gasteiger charge is 2.31. The summed E-state index contributed by atoms with van der Waals surface area (Å²) >= 11 is 0. The van der Waals surface area contributed by atoms with Gasteiger partial charge in [-0.25, -0.2) is 0 Å². The molecule has 62 valence electrons. The molecule has 1 amide bonds. The van der Waals surface area contributed by atoms with Crippen LogP contribution in [0.15, 0.2) is 11.3 Å². The standard InChI is InChI=1S/C7H11NO3/c1-3(2)4-5(9)7(11)8-6(4)10/h3,6,9-10H,1-2H3,(H,8,11). The van der Waals surface area contributed by atoms with Crippen LogP contribution in [0.5, 0.6) is 0 Å². The summed E-state index contributed by atoms with van der Waals surface area (Å²) in [7, 11) is 0. The molecule has 0 saturated heterocycles. The Kier molecular flexibility index (Phi) is 1.87. The molecule has 1 heterocycles. The van der Waals surface area contributed by atoms with Crippen LogP contribution in [0.3, 0.4) is 0 Å². The Balaban J connectivity index is 2.97. The van der Waals surface area contributed by atoms with E-state index in [9.17, 15) is 4.79 Å². The second kappa shape index (κ2) is 2.54. The van der Waals surface area contributed by atoms with E-state index in [4.69, 9.17) is 10.2 Å². The summed E-state index contributed by atoms with van der Waals surface area (Å²) in [6.07, 6.45) is -1.01. The van der Waals surface area contributed by atoms with Gasteiger partial charge >= 0.3 is 0 Å². The van der Waals surface area contributed by atoms with Crippen LogP contribution in [0, 0.1) is 5.92 Å². The van der Waals surface area contributed by atoms with Crippen molar-refractivity contribution >= 4 is 5.91 Å². The predicted molar refractivity (Wildman–Crippen MR) is 38.6 cm³/mol. The number of hydrogen-bond acceptors (Lipinski definition) is 3. The number of nitrogens with one attached hydrogen (secondary N) is 1. The predicted octanol–water partition coefficient (Wildman–Crippen LogP) is -0.0973. The van der Waals surface area contributed by atoms with Crippen LogP contribution in [-0.2, 0) is 4.79 Å². The fourth-order valence-corrected chi connectivity index (χ4v) is 1.12. The maximum Gasteiger partial charge on any atom is 0.288 e. The highest BCUT2D eigenvalue weighted by atomic mass is 16.3. The van der Waals surface area contributed by atoms with Crippen LogP contribution in [0.1, 0.15) is 13.8 Å². The van der Waals surface area contributed by atoms with Gasteiger partial charge in [0, 0.05) is 5.57 Å². The zero-order chi connectivity index (χ0) is 8.59. The van der Waals surface area contributed by atoms with Gasteiger partial charge in [-0.1, -0.05) is 13.8 Å². The van der Waals surface area contributed by atoms with Crippen LogP contribution >= 0.6 is 0 Å². The van der Waals surface area contributed by atoms with Crippen molar-refractivity contribution in [3.8, 4) is 0 Å². The van der Waals surface area contributed by atoms with Crippen LogP contribution in [0.4, 0.5) is 0 Å². The molecular weight excluding hydrogens is 146 g/mol. The normalized spacial score (nSPS) is 24.7. The van der Waals surface area contributed by atoms with Crippen LogP contribution in [-0.4, -0.2) is 22.3 Å². The number of carbonyl (C=O) groups is 1. The number of rotatable bonds is 1. The van der Waals surface area contributed by atoms with E-state index in [1.54, 1.807) is 13.8 Å². The molecule has 1 rings (SSSR count). The van der Waals surface area contributed by atoms with Gasteiger partial charge in [0.25, 0.3) is 5.91 Å². The molecule has 4 nitrogen and oxygen atoms in total. The molecular formula is C7H11NO3. The van der Waals surface area contributed by atoms with E-state index in [0.29, 0.717) is 5.57 Å². The average molecular weight is 157 g/mol. The molecule has 0 fully saturated rings. The number of amides is 1. The number of hydrogen-bond donors (Lipinski definition) is 3. The fourth-order valence-electron chi connectivity index (χ4n) is 1.12. The van der Waals surface area contributed by atoms with Crippen molar-refractivity contribution in [1.82, 2.24) is 5.32 Å². The van der Waals surface area contributed by atoms with Gasteiger partial charge in [0.1, 0.15) is 0 Å². The number of carbonyl (C=O) groups excluding carboxylic acids is 1. The van der Waals surface area contributed by atoms with Gasteiger partial charge in [-0.3, -0.25) is 4.79 Å². The van der Waals surface area contributed by atoms with Crippen LogP contribution < -0.4 is 5.32 Å². The molecule has 0 saturated carbocycles. The summed E-state index contributed by atoms with van der Waals surface area (Å²) in [6.45, 7) is 3.60. The Hall–Kier alpha value is -1.03. The molecule has 0 bridgehead atoms. The smallest absolute Gasteiger partial charge is 0.288 e. The summed E-state index contributed by atoms with van der Waals surface area (Å²) in [5.41, 5.74) is 0.370. The molecule has 0 aliphatic carbocycles. The Morgan fingerprint density at radius 3 is 2.27 bits per heavy atom. The lowest BCUT2D eigenvalue weighted by Gasteiger charge is -2.10. The highest BCUT2D eigenvalue weighted by molar-refractivity contribution is 5.95. The van der Waals surface area contributed by atoms with Crippen molar-refractivity contribution in [2.24, 2.45) is 5.92 Å². The molecule has 3 N–H and O–H groups in total. The lowest BCUT2D eigenvalue weighted by molar-refractivity contribution is -0.120. The molecule has 1 aliphatic heterocycles. The van der Waals surface area contributed by atoms with Crippen molar-refractivity contribution in [2.45, 2.75) is 20.1 Å². The first-order valence-electron chi connectivity index (χ1n) is 3.46. The zero-order valence-electron chi connectivity index (χ0n) is 6.46. The van der Waals surface area contributed by atoms with Crippen molar-refractivity contribution in [3.63, 3.8) is 0 Å². The topological polar surface area (TPSA) is 69.6 Å². The molecule has 1 unspecified atom stereocenters. The molecule has 0 spiro atoms. The van der Waals surface area contributed by atoms with Crippen molar-refractivity contribution in [1.29, 1.82) is 0 Å². The van der Waals surface area contributed by atoms with E-state index in [0.717, 1.165) is 0 Å². The molecule has 1 aliphatic rings.